The number of benzene rings is 1. The van der Waals surface area contributed by atoms with Crippen molar-refractivity contribution in [3.8, 4) is 11.5 Å². The van der Waals surface area contributed by atoms with Crippen LogP contribution in [0.4, 0.5) is 0 Å². The van der Waals surface area contributed by atoms with Gasteiger partial charge in [-0.2, -0.15) is 0 Å². The summed E-state index contributed by atoms with van der Waals surface area (Å²) in [7, 11) is 1.65. The molecule has 2 heterocycles. The largest absolute Gasteiger partial charge is 0.497 e. The summed E-state index contributed by atoms with van der Waals surface area (Å²) in [4.78, 5) is 16.0. The van der Waals surface area contributed by atoms with Crippen LogP contribution in [0.15, 0.2) is 42.7 Å². The fourth-order valence-electron chi connectivity index (χ4n) is 2.83. The molecule has 1 aromatic heterocycles. The number of ether oxygens (including phenoxy) is 2. The van der Waals surface area contributed by atoms with Gasteiger partial charge >= 0.3 is 0 Å². The third-order valence-corrected chi connectivity index (χ3v) is 4.24. The van der Waals surface area contributed by atoms with E-state index < -0.39 is 0 Å². The molecule has 24 heavy (non-hydrogen) atoms. The quantitative estimate of drug-likeness (QED) is 0.885. The molecule has 0 unspecified atom stereocenters. The predicted molar refractivity (Wildman–Crippen MR) is 91.3 cm³/mol. The number of aryl methyl sites for hydroxylation is 1. The number of aromatic nitrogens is 1. The monoisotopic (exact) mass is 326 g/mol. The first-order valence-corrected chi connectivity index (χ1v) is 8.20. The van der Waals surface area contributed by atoms with Gasteiger partial charge in [-0.05, 0) is 42.2 Å². The van der Waals surface area contributed by atoms with Gasteiger partial charge in [0.15, 0.2) is 0 Å². The standard InChI is InChI=1S/C19H22N2O3/c1-23-17-4-3-16-10-15(13-24-18(16)11-17)12-21-19(22)5-2-14-6-8-20-9-7-14/h3-4,6-9,11,15H,2,5,10,12-13H2,1H3,(H,21,22)/t15-/m1/s1. The summed E-state index contributed by atoms with van der Waals surface area (Å²) in [6.45, 7) is 1.26. The highest BCUT2D eigenvalue weighted by Gasteiger charge is 2.20. The lowest BCUT2D eigenvalue weighted by molar-refractivity contribution is -0.121. The van der Waals surface area contributed by atoms with Crippen molar-refractivity contribution in [2.75, 3.05) is 20.3 Å². The van der Waals surface area contributed by atoms with Crippen LogP contribution in [0.3, 0.4) is 0 Å². The van der Waals surface area contributed by atoms with Crippen molar-refractivity contribution in [1.82, 2.24) is 10.3 Å². The molecule has 2 aromatic rings. The van der Waals surface area contributed by atoms with Gasteiger partial charge < -0.3 is 14.8 Å². The molecule has 0 saturated heterocycles. The van der Waals surface area contributed by atoms with E-state index in [0.29, 0.717) is 25.5 Å². The minimum atomic E-state index is 0.0762. The van der Waals surface area contributed by atoms with Crippen LogP contribution in [0.1, 0.15) is 17.5 Å². The van der Waals surface area contributed by atoms with Gasteiger partial charge in [0.2, 0.25) is 5.91 Å². The van der Waals surface area contributed by atoms with Crippen LogP contribution in [-0.4, -0.2) is 31.2 Å². The number of hydrogen-bond acceptors (Lipinski definition) is 4. The Morgan fingerprint density at radius 1 is 1.33 bits per heavy atom. The molecule has 1 aromatic carbocycles. The first-order valence-electron chi connectivity index (χ1n) is 8.20. The van der Waals surface area contributed by atoms with E-state index in [1.165, 1.54) is 0 Å². The van der Waals surface area contributed by atoms with Crippen LogP contribution in [-0.2, 0) is 17.6 Å². The van der Waals surface area contributed by atoms with Crippen molar-refractivity contribution >= 4 is 5.91 Å². The van der Waals surface area contributed by atoms with Gasteiger partial charge in [0.25, 0.3) is 0 Å². The van der Waals surface area contributed by atoms with E-state index in [4.69, 9.17) is 9.47 Å². The highest BCUT2D eigenvalue weighted by Crippen LogP contribution is 2.30. The molecule has 5 nitrogen and oxygen atoms in total. The van der Waals surface area contributed by atoms with Gasteiger partial charge in [0.1, 0.15) is 11.5 Å². The predicted octanol–water partition coefficient (Wildman–Crippen LogP) is 2.39. The highest BCUT2D eigenvalue weighted by molar-refractivity contribution is 5.76. The Labute approximate surface area is 142 Å². The molecule has 1 amide bonds. The Morgan fingerprint density at radius 3 is 2.96 bits per heavy atom. The third-order valence-electron chi connectivity index (χ3n) is 4.24. The van der Waals surface area contributed by atoms with Crippen molar-refractivity contribution in [3.05, 3.63) is 53.9 Å². The molecule has 5 heteroatoms. The fraction of sp³-hybridized carbons (Fsp3) is 0.368. The van der Waals surface area contributed by atoms with Gasteiger partial charge in [-0.15, -0.1) is 0 Å². The highest BCUT2D eigenvalue weighted by atomic mass is 16.5. The van der Waals surface area contributed by atoms with E-state index in [1.807, 2.05) is 30.3 Å². The third kappa shape index (κ3) is 4.25. The zero-order valence-corrected chi connectivity index (χ0v) is 13.8. The van der Waals surface area contributed by atoms with Crippen molar-refractivity contribution < 1.29 is 14.3 Å². The number of carbonyl (C=O) groups is 1. The number of nitrogens with one attached hydrogen (secondary N) is 1. The Bertz CT molecular complexity index is 688. The summed E-state index contributed by atoms with van der Waals surface area (Å²) < 4.78 is 11.0. The first kappa shape index (κ1) is 16.3. The molecule has 126 valence electrons. The van der Waals surface area contributed by atoms with E-state index in [-0.39, 0.29) is 5.91 Å². The number of rotatable bonds is 6. The SMILES string of the molecule is COc1ccc2c(c1)OC[C@@H](CNC(=O)CCc1ccncc1)C2. The smallest absolute Gasteiger partial charge is 0.220 e. The number of pyridine rings is 1. The second-order valence-corrected chi connectivity index (χ2v) is 6.01. The summed E-state index contributed by atoms with van der Waals surface area (Å²) in [6.07, 6.45) is 5.63. The average Bonchev–Trinajstić information content (AvgIpc) is 2.65. The summed E-state index contributed by atoms with van der Waals surface area (Å²) >= 11 is 0. The van der Waals surface area contributed by atoms with Crippen LogP contribution in [0.5, 0.6) is 11.5 Å². The van der Waals surface area contributed by atoms with Gasteiger partial charge in [-0.3, -0.25) is 9.78 Å². The van der Waals surface area contributed by atoms with E-state index in [1.54, 1.807) is 19.5 Å². The Kier molecular flexibility index (Phi) is 5.31. The first-order chi connectivity index (χ1) is 11.7. The maximum Gasteiger partial charge on any atom is 0.220 e. The van der Waals surface area contributed by atoms with Crippen LogP contribution < -0.4 is 14.8 Å². The average molecular weight is 326 g/mol. The minimum Gasteiger partial charge on any atom is -0.497 e. The van der Waals surface area contributed by atoms with Crippen LogP contribution in [0, 0.1) is 5.92 Å². The molecule has 0 saturated carbocycles. The van der Waals surface area contributed by atoms with Crippen LogP contribution >= 0.6 is 0 Å². The lowest BCUT2D eigenvalue weighted by atomic mass is 9.96. The summed E-state index contributed by atoms with van der Waals surface area (Å²) in [5.41, 5.74) is 2.29. The van der Waals surface area contributed by atoms with Gasteiger partial charge in [-0.1, -0.05) is 6.07 Å². The van der Waals surface area contributed by atoms with E-state index in [9.17, 15) is 4.79 Å². The van der Waals surface area contributed by atoms with Gasteiger partial charge in [0, 0.05) is 37.3 Å². The number of fused-ring (bicyclic) bond motifs is 1. The van der Waals surface area contributed by atoms with Crippen molar-refractivity contribution in [3.63, 3.8) is 0 Å². The maximum atomic E-state index is 12.0. The van der Waals surface area contributed by atoms with E-state index in [2.05, 4.69) is 10.3 Å². The normalized spacial score (nSPS) is 16.0. The molecule has 1 atom stereocenters. The maximum absolute atomic E-state index is 12.0. The molecule has 1 aliphatic rings. The van der Waals surface area contributed by atoms with E-state index >= 15 is 0 Å². The molecule has 0 aliphatic carbocycles. The molecule has 1 aliphatic heterocycles. The number of nitrogens with zero attached hydrogens (tertiary/aromatic N) is 1. The van der Waals surface area contributed by atoms with Gasteiger partial charge in [-0.25, -0.2) is 0 Å². The summed E-state index contributed by atoms with van der Waals surface area (Å²) in [6, 6.07) is 9.77. The topological polar surface area (TPSA) is 60.5 Å². The number of carbonyl (C=O) groups excluding carboxylic acids is 1. The second kappa shape index (κ2) is 7.81. The molecule has 0 bridgehead atoms. The molecule has 0 spiro atoms. The van der Waals surface area contributed by atoms with E-state index in [0.717, 1.165) is 35.5 Å². The van der Waals surface area contributed by atoms with Crippen molar-refractivity contribution in [1.29, 1.82) is 0 Å². The van der Waals surface area contributed by atoms with Gasteiger partial charge in [0.05, 0.1) is 13.7 Å². The zero-order chi connectivity index (χ0) is 16.8. The molecule has 0 fully saturated rings. The number of hydrogen-bond donors (Lipinski definition) is 1. The molecule has 1 N–H and O–H groups in total. The lowest BCUT2D eigenvalue weighted by Gasteiger charge is -2.25. The second-order valence-electron chi connectivity index (χ2n) is 6.01. The number of amides is 1. The van der Waals surface area contributed by atoms with Crippen LogP contribution in [0.2, 0.25) is 0 Å². The number of methoxy groups -OCH3 is 1. The molecular formula is C19H22N2O3. The minimum absolute atomic E-state index is 0.0762. The molecule has 3 rings (SSSR count). The van der Waals surface area contributed by atoms with Crippen LogP contribution in [0.25, 0.3) is 0 Å². The summed E-state index contributed by atoms with van der Waals surface area (Å²) in [5, 5.41) is 3.02. The van der Waals surface area contributed by atoms with Crippen molar-refractivity contribution in [2.45, 2.75) is 19.3 Å². The van der Waals surface area contributed by atoms with Crippen molar-refractivity contribution in [2.24, 2.45) is 5.92 Å². The Morgan fingerprint density at radius 2 is 2.17 bits per heavy atom. The lowest BCUT2D eigenvalue weighted by Crippen LogP contribution is -2.34. The zero-order valence-electron chi connectivity index (χ0n) is 13.8. The fourth-order valence-corrected chi connectivity index (χ4v) is 2.83. The Hall–Kier alpha value is -2.56. The summed E-state index contributed by atoms with van der Waals surface area (Å²) in [5.74, 6) is 2.06. The molecular weight excluding hydrogens is 304 g/mol. The molecule has 0 radical (unpaired) electrons. The Balaban J connectivity index is 1.44.